The molecule has 0 saturated heterocycles. The number of aromatic nitrogens is 1. The first-order valence-corrected chi connectivity index (χ1v) is 8.29. The Bertz CT molecular complexity index is 704. The summed E-state index contributed by atoms with van der Waals surface area (Å²) in [6.07, 6.45) is 1.77. The van der Waals surface area contributed by atoms with Gasteiger partial charge in [-0.2, -0.15) is 0 Å². The van der Waals surface area contributed by atoms with Crippen molar-refractivity contribution in [1.29, 1.82) is 0 Å². The SMILES string of the molecule is CN=C(NCCc1c(C)noc1C)NC1CCOc2ccccc21. The highest BCUT2D eigenvalue weighted by molar-refractivity contribution is 5.80. The van der Waals surface area contributed by atoms with Gasteiger partial charge in [0, 0.05) is 31.1 Å². The van der Waals surface area contributed by atoms with E-state index in [-0.39, 0.29) is 6.04 Å². The van der Waals surface area contributed by atoms with Crippen LogP contribution in [-0.4, -0.2) is 31.3 Å². The van der Waals surface area contributed by atoms with Crippen molar-refractivity contribution in [2.24, 2.45) is 4.99 Å². The highest BCUT2D eigenvalue weighted by Gasteiger charge is 2.21. The number of aryl methyl sites for hydroxylation is 2. The number of nitrogens with one attached hydrogen (secondary N) is 2. The number of benzene rings is 1. The van der Waals surface area contributed by atoms with Crippen LogP contribution >= 0.6 is 0 Å². The number of hydrogen-bond donors (Lipinski definition) is 2. The van der Waals surface area contributed by atoms with Gasteiger partial charge in [0.15, 0.2) is 5.96 Å². The Labute approximate surface area is 142 Å². The van der Waals surface area contributed by atoms with Gasteiger partial charge in [0.05, 0.1) is 18.3 Å². The van der Waals surface area contributed by atoms with Crippen LogP contribution in [0.3, 0.4) is 0 Å². The van der Waals surface area contributed by atoms with Crippen molar-refractivity contribution < 1.29 is 9.26 Å². The highest BCUT2D eigenvalue weighted by atomic mass is 16.5. The zero-order chi connectivity index (χ0) is 16.9. The average molecular weight is 328 g/mol. The summed E-state index contributed by atoms with van der Waals surface area (Å²) in [6, 6.07) is 8.36. The lowest BCUT2D eigenvalue weighted by Crippen LogP contribution is -2.41. The summed E-state index contributed by atoms with van der Waals surface area (Å²) < 4.78 is 10.9. The molecule has 1 aliphatic rings. The van der Waals surface area contributed by atoms with Crippen LogP contribution in [0.4, 0.5) is 0 Å². The molecule has 2 aromatic rings. The van der Waals surface area contributed by atoms with E-state index in [9.17, 15) is 0 Å². The molecule has 2 N–H and O–H groups in total. The molecule has 0 aliphatic carbocycles. The number of nitrogens with zero attached hydrogens (tertiary/aromatic N) is 2. The first kappa shape index (κ1) is 16.4. The zero-order valence-electron chi connectivity index (χ0n) is 14.4. The van der Waals surface area contributed by atoms with E-state index in [2.05, 4.69) is 26.8 Å². The van der Waals surface area contributed by atoms with E-state index in [0.29, 0.717) is 6.61 Å². The third kappa shape index (κ3) is 3.53. The lowest BCUT2D eigenvalue weighted by Gasteiger charge is -2.28. The molecule has 1 aromatic heterocycles. The minimum absolute atomic E-state index is 0.209. The van der Waals surface area contributed by atoms with Gasteiger partial charge < -0.3 is 19.9 Å². The van der Waals surface area contributed by atoms with E-state index in [0.717, 1.165) is 48.1 Å². The van der Waals surface area contributed by atoms with Gasteiger partial charge in [0.1, 0.15) is 11.5 Å². The molecule has 24 heavy (non-hydrogen) atoms. The summed E-state index contributed by atoms with van der Waals surface area (Å²) >= 11 is 0. The summed E-state index contributed by atoms with van der Waals surface area (Å²) in [7, 11) is 1.79. The lowest BCUT2D eigenvalue weighted by molar-refractivity contribution is 0.261. The van der Waals surface area contributed by atoms with Crippen molar-refractivity contribution in [3.05, 3.63) is 46.8 Å². The molecular formula is C18H24N4O2. The van der Waals surface area contributed by atoms with Crippen molar-refractivity contribution in [3.8, 4) is 5.75 Å². The predicted molar refractivity (Wildman–Crippen MR) is 93.5 cm³/mol. The standard InChI is InChI=1S/C18H24N4O2/c1-12-14(13(2)24-22-12)8-10-20-18(19-3)21-16-9-11-23-17-7-5-4-6-15(16)17/h4-7,16H,8-11H2,1-3H3,(H2,19,20,21). The Morgan fingerprint density at radius 1 is 1.33 bits per heavy atom. The minimum Gasteiger partial charge on any atom is -0.493 e. The largest absolute Gasteiger partial charge is 0.493 e. The average Bonchev–Trinajstić information content (AvgIpc) is 2.93. The quantitative estimate of drug-likeness (QED) is 0.666. The van der Waals surface area contributed by atoms with E-state index in [4.69, 9.17) is 9.26 Å². The Kier molecular flexibility index (Phi) is 5.03. The third-order valence-corrected chi connectivity index (χ3v) is 4.34. The van der Waals surface area contributed by atoms with Crippen LogP contribution in [0, 0.1) is 13.8 Å². The van der Waals surface area contributed by atoms with E-state index < -0.39 is 0 Å². The Hall–Kier alpha value is -2.50. The molecule has 0 radical (unpaired) electrons. The maximum atomic E-state index is 5.71. The number of aliphatic imine (C=N–C) groups is 1. The molecular weight excluding hydrogens is 304 g/mol. The van der Waals surface area contributed by atoms with Crippen LogP contribution in [0.1, 0.15) is 35.0 Å². The molecule has 2 heterocycles. The number of guanidine groups is 1. The minimum atomic E-state index is 0.209. The van der Waals surface area contributed by atoms with E-state index in [1.807, 2.05) is 32.0 Å². The second-order valence-electron chi connectivity index (χ2n) is 5.92. The monoisotopic (exact) mass is 328 g/mol. The van der Waals surface area contributed by atoms with E-state index in [1.165, 1.54) is 5.56 Å². The van der Waals surface area contributed by atoms with Crippen LogP contribution in [0.2, 0.25) is 0 Å². The van der Waals surface area contributed by atoms with Crippen LogP contribution in [0.5, 0.6) is 5.75 Å². The smallest absolute Gasteiger partial charge is 0.191 e. The molecule has 0 spiro atoms. The molecule has 3 rings (SSSR count). The Morgan fingerprint density at radius 2 is 2.17 bits per heavy atom. The predicted octanol–water partition coefficient (Wildman–Crippen LogP) is 2.52. The molecule has 0 bridgehead atoms. The first-order valence-electron chi connectivity index (χ1n) is 8.29. The highest BCUT2D eigenvalue weighted by Crippen LogP contribution is 2.31. The fourth-order valence-corrected chi connectivity index (χ4v) is 3.02. The van der Waals surface area contributed by atoms with Gasteiger partial charge in [0.25, 0.3) is 0 Å². The number of hydrogen-bond acceptors (Lipinski definition) is 4. The fraction of sp³-hybridized carbons (Fsp3) is 0.444. The van der Waals surface area contributed by atoms with Gasteiger partial charge in [-0.1, -0.05) is 23.4 Å². The molecule has 6 heteroatoms. The van der Waals surface area contributed by atoms with Crippen molar-refractivity contribution in [3.63, 3.8) is 0 Å². The van der Waals surface area contributed by atoms with Crippen LogP contribution in [-0.2, 0) is 6.42 Å². The lowest BCUT2D eigenvalue weighted by atomic mass is 10.0. The topological polar surface area (TPSA) is 71.7 Å². The van der Waals surface area contributed by atoms with Gasteiger partial charge in [-0.3, -0.25) is 4.99 Å². The van der Waals surface area contributed by atoms with Crippen LogP contribution in [0.25, 0.3) is 0 Å². The summed E-state index contributed by atoms with van der Waals surface area (Å²) in [4.78, 5) is 4.33. The van der Waals surface area contributed by atoms with Gasteiger partial charge >= 0.3 is 0 Å². The molecule has 0 amide bonds. The van der Waals surface area contributed by atoms with Gasteiger partial charge in [-0.15, -0.1) is 0 Å². The van der Waals surface area contributed by atoms with Crippen LogP contribution < -0.4 is 15.4 Å². The van der Waals surface area contributed by atoms with Gasteiger partial charge in [0.2, 0.25) is 0 Å². The molecule has 128 valence electrons. The van der Waals surface area contributed by atoms with Gasteiger partial charge in [-0.25, -0.2) is 0 Å². The number of rotatable bonds is 4. The van der Waals surface area contributed by atoms with Crippen LogP contribution in [0.15, 0.2) is 33.8 Å². The van der Waals surface area contributed by atoms with Crippen molar-refractivity contribution in [1.82, 2.24) is 15.8 Å². The normalized spacial score (nSPS) is 17.1. The zero-order valence-corrected chi connectivity index (χ0v) is 14.4. The Balaban J connectivity index is 1.58. The number of para-hydroxylation sites is 1. The fourth-order valence-electron chi connectivity index (χ4n) is 3.02. The number of fused-ring (bicyclic) bond motifs is 1. The summed E-state index contributed by atoms with van der Waals surface area (Å²) in [5.41, 5.74) is 3.29. The molecule has 1 unspecified atom stereocenters. The van der Waals surface area contributed by atoms with Crippen molar-refractivity contribution in [2.45, 2.75) is 32.7 Å². The summed E-state index contributed by atoms with van der Waals surface area (Å²) in [6.45, 7) is 5.40. The molecule has 0 saturated carbocycles. The molecule has 1 atom stereocenters. The second-order valence-corrected chi connectivity index (χ2v) is 5.92. The van der Waals surface area contributed by atoms with Crippen molar-refractivity contribution >= 4 is 5.96 Å². The van der Waals surface area contributed by atoms with E-state index >= 15 is 0 Å². The molecule has 1 aromatic carbocycles. The molecule has 0 fully saturated rings. The molecule has 1 aliphatic heterocycles. The maximum absolute atomic E-state index is 5.71. The Morgan fingerprint density at radius 3 is 2.92 bits per heavy atom. The van der Waals surface area contributed by atoms with Gasteiger partial charge in [-0.05, 0) is 26.3 Å². The molecule has 6 nitrogen and oxygen atoms in total. The van der Waals surface area contributed by atoms with E-state index in [1.54, 1.807) is 7.05 Å². The summed E-state index contributed by atoms with van der Waals surface area (Å²) in [5.74, 6) is 2.63. The second kappa shape index (κ2) is 7.38. The van der Waals surface area contributed by atoms with Crippen molar-refractivity contribution in [2.75, 3.05) is 20.2 Å². The first-order chi connectivity index (χ1) is 11.7. The summed E-state index contributed by atoms with van der Waals surface area (Å²) in [5, 5.41) is 10.9. The third-order valence-electron chi connectivity index (χ3n) is 4.34. The maximum Gasteiger partial charge on any atom is 0.191 e. The number of ether oxygens (including phenoxy) is 1.